The predicted octanol–water partition coefficient (Wildman–Crippen LogP) is 3.80. The van der Waals surface area contributed by atoms with Crippen molar-refractivity contribution in [1.82, 2.24) is 10.4 Å². The van der Waals surface area contributed by atoms with Crippen LogP contribution < -0.4 is 10.2 Å². The summed E-state index contributed by atoms with van der Waals surface area (Å²) in [4.78, 5) is 25.3. The van der Waals surface area contributed by atoms with Crippen molar-refractivity contribution in [2.45, 2.75) is 0 Å². The third-order valence-electron chi connectivity index (χ3n) is 3.59. The largest absolute Gasteiger partial charge is 0.490 e. The Hall–Kier alpha value is -2.90. The van der Waals surface area contributed by atoms with Gasteiger partial charge >= 0.3 is 0 Å². The van der Waals surface area contributed by atoms with Gasteiger partial charge in [0.25, 0.3) is 11.8 Å². The van der Waals surface area contributed by atoms with E-state index in [1.807, 2.05) is 30.3 Å². The SMILES string of the molecule is C=CCOc1ccc(C=C2SC(=S)N(NC(=O)c3ccccc3)C2=O)cc1. The van der Waals surface area contributed by atoms with Crippen molar-refractivity contribution in [3.05, 3.63) is 83.3 Å². The molecule has 0 saturated carbocycles. The topological polar surface area (TPSA) is 58.6 Å². The van der Waals surface area contributed by atoms with E-state index in [-0.39, 0.29) is 10.2 Å². The van der Waals surface area contributed by atoms with E-state index in [0.717, 1.165) is 28.1 Å². The Morgan fingerprint density at radius 2 is 1.89 bits per heavy atom. The zero-order valence-corrected chi connectivity index (χ0v) is 15.9. The molecule has 0 unspecified atom stereocenters. The van der Waals surface area contributed by atoms with E-state index < -0.39 is 5.91 Å². The van der Waals surface area contributed by atoms with Crippen molar-refractivity contribution in [2.24, 2.45) is 0 Å². The molecule has 1 fully saturated rings. The fourth-order valence-corrected chi connectivity index (χ4v) is 3.47. The lowest BCUT2D eigenvalue weighted by Gasteiger charge is -2.15. The summed E-state index contributed by atoms with van der Waals surface area (Å²) in [6.45, 7) is 4.03. The number of thioether (sulfide) groups is 1. The van der Waals surface area contributed by atoms with Crippen molar-refractivity contribution in [2.75, 3.05) is 6.61 Å². The number of nitrogens with zero attached hydrogens (tertiary/aromatic N) is 1. The van der Waals surface area contributed by atoms with E-state index in [2.05, 4.69) is 12.0 Å². The number of amides is 2. The number of carbonyl (C=O) groups is 2. The molecule has 0 bridgehead atoms. The molecular weight excluding hydrogens is 380 g/mol. The van der Waals surface area contributed by atoms with Crippen LogP contribution in [0.2, 0.25) is 0 Å². The van der Waals surface area contributed by atoms with E-state index in [1.54, 1.807) is 36.4 Å². The fraction of sp³-hybridized carbons (Fsp3) is 0.0500. The van der Waals surface area contributed by atoms with Gasteiger partial charge in [0, 0.05) is 5.56 Å². The van der Waals surface area contributed by atoms with E-state index in [0.29, 0.717) is 17.1 Å². The van der Waals surface area contributed by atoms with Gasteiger partial charge in [0.1, 0.15) is 12.4 Å². The van der Waals surface area contributed by atoms with Gasteiger partial charge in [-0.15, -0.1) is 0 Å². The van der Waals surface area contributed by atoms with Gasteiger partial charge in [-0.2, -0.15) is 5.01 Å². The van der Waals surface area contributed by atoms with Crippen LogP contribution in [0.25, 0.3) is 6.08 Å². The minimum absolute atomic E-state index is 0.279. The first-order chi connectivity index (χ1) is 13.1. The Kier molecular flexibility index (Phi) is 6.05. The molecule has 1 N–H and O–H groups in total. The van der Waals surface area contributed by atoms with Crippen molar-refractivity contribution >= 4 is 46.2 Å². The zero-order chi connectivity index (χ0) is 19.2. The second-order valence-corrected chi connectivity index (χ2v) is 7.17. The van der Waals surface area contributed by atoms with Gasteiger partial charge in [-0.1, -0.05) is 54.7 Å². The van der Waals surface area contributed by atoms with Gasteiger partial charge in [0.05, 0.1) is 4.91 Å². The molecule has 0 aliphatic carbocycles. The Balaban J connectivity index is 1.70. The van der Waals surface area contributed by atoms with Crippen molar-refractivity contribution < 1.29 is 14.3 Å². The average molecular weight is 396 g/mol. The second kappa shape index (κ2) is 8.66. The summed E-state index contributed by atoms with van der Waals surface area (Å²) < 4.78 is 5.71. The van der Waals surface area contributed by atoms with E-state index in [1.165, 1.54) is 0 Å². The standard InChI is InChI=1S/C20H16N2O3S2/c1-2-12-25-16-10-8-14(9-11-16)13-17-19(24)22(20(26)27-17)21-18(23)15-6-4-3-5-7-15/h2-11,13H,1,12H2,(H,21,23). The molecule has 0 radical (unpaired) electrons. The number of hydrogen-bond acceptors (Lipinski definition) is 5. The molecule has 1 heterocycles. The molecule has 2 aromatic rings. The van der Waals surface area contributed by atoms with Gasteiger partial charge in [-0.05, 0) is 48.1 Å². The highest BCUT2D eigenvalue weighted by molar-refractivity contribution is 8.26. The maximum absolute atomic E-state index is 12.6. The van der Waals surface area contributed by atoms with Crippen LogP contribution >= 0.6 is 24.0 Å². The number of carbonyl (C=O) groups excluding carboxylic acids is 2. The molecule has 27 heavy (non-hydrogen) atoms. The molecule has 3 rings (SSSR count). The molecule has 1 aliphatic heterocycles. The zero-order valence-electron chi connectivity index (χ0n) is 14.3. The summed E-state index contributed by atoms with van der Waals surface area (Å²) in [6.07, 6.45) is 3.40. The monoisotopic (exact) mass is 396 g/mol. The van der Waals surface area contributed by atoms with Crippen LogP contribution in [-0.4, -0.2) is 27.8 Å². The maximum Gasteiger partial charge on any atom is 0.285 e. The second-order valence-electron chi connectivity index (χ2n) is 5.49. The summed E-state index contributed by atoms with van der Waals surface area (Å²) in [5.74, 6) is -0.0344. The van der Waals surface area contributed by atoms with E-state index in [9.17, 15) is 9.59 Å². The Morgan fingerprint density at radius 3 is 2.56 bits per heavy atom. The average Bonchev–Trinajstić information content (AvgIpc) is 2.95. The number of ether oxygens (including phenoxy) is 1. The summed E-state index contributed by atoms with van der Waals surface area (Å²) in [5.41, 5.74) is 3.83. The molecule has 1 saturated heterocycles. The first kappa shape index (κ1) is 18.9. The van der Waals surface area contributed by atoms with Crippen LogP contribution in [0.15, 0.2) is 72.2 Å². The number of benzene rings is 2. The van der Waals surface area contributed by atoms with Gasteiger partial charge in [0.15, 0.2) is 4.32 Å². The van der Waals surface area contributed by atoms with Crippen LogP contribution in [0.5, 0.6) is 5.75 Å². The molecule has 0 atom stereocenters. The normalized spacial score (nSPS) is 15.1. The number of hydrazine groups is 1. The minimum Gasteiger partial charge on any atom is -0.490 e. The number of rotatable bonds is 6. The minimum atomic E-state index is -0.392. The van der Waals surface area contributed by atoms with Crippen LogP contribution in [0.4, 0.5) is 0 Å². The predicted molar refractivity (Wildman–Crippen MR) is 111 cm³/mol. The Labute approximate surface area is 166 Å². The highest BCUT2D eigenvalue weighted by Crippen LogP contribution is 2.31. The van der Waals surface area contributed by atoms with Gasteiger partial charge in [-0.25, -0.2) is 0 Å². The highest BCUT2D eigenvalue weighted by Gasteiger charge is 2.33. The lowest BCUT2D eigenvalue weighted by Crippen LogP contribution is -2.44. The Bertz CT molecular complexity index is 909. The van der Waals surface area contributed by atoms with Gasteiger partial charge in [0.2, 0.25) is 0 Å². The summed E-state index contributed by atoms with van der Waals surface area (Å²) in [7, 11) is 0. The number of thiocarbonyl (C=S) groups is 1. The molecular formula is C20H16N2O3S2. The highest BCUT2D eigenvalue weighted by atomic mass is 32.2. The smallest absolute Gasteiger partial charge is 0.285 e. The summed E-state index contributed by atoms with van der Waals surface area (Å²) >= 11 is 6.37. The van der Waals surface area contributed by atoms with Crippen LogP contribution in [0.1, 0.15) is 15.9 Å². The number of nitrogens with one attached hydrogen (secondary N) is 1. The quantitative estimate of drug-likeness (QED) is 0.457. The number of hydrogen-bond donors (Lipinski definition) is 1. The first-order valence-electron chi connectivity index (χ1n) is 8.06. The van der Waals surface area contributed by atoms with Crippen molar-refractivity contribution in [3.8, 4) is 5.75 Å². The lowest BCUT2D eigenvalue weighted by atomic mass is 10.2. The lowest BCUT2D eigenvalue weighted by molar-refractivity contribution is -0.123. The molecule has 1 aliphatic rings. The molecule has 136 valence electrons. The third kappa shape index (κ3) is 4.64. The summed E-state index contributed by atoms with van der Waals surface area (Å²) in [6, 6.07) is 16.0. The fourth-order valence-electron chi connectivity index (χ4n) is 2.29. The molecule has 7 heteroatoms. The van der Waals surface area contributed by atoms with Crippen molar-refractivity contribution in [3.63, 3.8) is 0 Å². The molecule has 2 aromatic carbocycles. The van der Waals surface area contributed by atoms with Crippen LogP contribution in [0.3, 0.4) is 0 Å². The van der Waals surface area contributed by atoms with E-state index in [4.69, 9.17) is 17.0 Å². The van der Waals surface area contributed by atoms with Crippen LogP contribution in [-0.2, 0) is 4.79 Å². The van der Waals surface area contributed by atoms with Gasteiger partial charge < -0.3 is 4.74 Å². The molecule has 5 nitrogen and oxygen atoms in total. The molecule has 0 spiro atoms. The molecule has 0 aromatic heterocycles. The molecule has 2 amide bonds. The van der Waals surface area contributed by atoms with Gasteiger partial charge in [-0.3, -0.25) is 15.0 Å². The third-order valence-corrected chi connectivity index (χ3v) is 4.89. The van der Waals surface area contributed by atoms with Crippen molar-refractivity contribution in [1.29, 1.82) is 0 Å². The van der Waals surface area contributed by atoms with E-state index >= 15 is 0 Å². The Morgan fingerprint density at radius 1 is 1.19 bits per heavy atom. The van der Waals surface area contributed by atoms with Crippen LogP contribution in [0, 0.1) is 0 Å². The maximum atomic E-state index is 12.6. The summed E-state index contributed by atoms with van der Waals surface area (Å²) in [5, 5.41) is 1.10. The first-order valence-corrected chi connectivity index (χ1v) is 9.28.